The summed E-state index contributed by atoms with van der Waals surface area (Å²) >= 11 is 1.22. The molecule has 0 unspecified atom stereocenters. The summed E-state index contributed by atoms with van der Waals surface area (Å²) in [7, 11) is -3.66. The second-order valence-electron chi connectivity index (χ2n) is 7.61. The van der Waals surface area contributed by atoms with E-state index in [2.05, 4.69) is 20.8 Å². The van der Waals surface area contributed by atoms with Crippen LogP contribution in [0.4, 0.5) is 5.69 Å². The molecular formula is C19H26N6O5S2. The molecule has 174 valence electrons. The van der Waals surface area contributed by atoms with E-state index in [0.717, 1.165) is 19.4 Å². The zero-order chi connectivity index (χ0) is 22.6. The van der Waals surface area contributed by atoms with E-state index in [4.69, 9.17) is 9.47 Å². The summed E-state index contributed by atoms with van der Waals surface area (Å²) in [6.07, 6.45) is 2.08. The quantitative estimate of drug-likeness (QED) is 0.546. The van der Waals surface area contributed by atoms with Crippen molar-refractivity contribution in [1.82, 2.24) is 24.5 Å². The molecule has 0 radical (unpaired) electrons. The Morgan fingerprint density at radius 3 is 2.84 bits per heavy atom. The Bertz CT molecular complexity index is 1050. The van der Waals surface area contributed by atoms with Crippen LogP contribution in [-0.4, -0.2) is 83.6 Å². The lowest BCUT2D eigenvalue weighted by Gasteiger charge is -2.26. The van der Waals surface area contributed by atoms with Crippen molar-refractivity contribution in [2.75, 3.05) is 44.0 Å². The molecule has 0 spiro atoms. The number of hydrogen-bond acceptors (Lipinski definition) is 9. The molecule has 0 bridgehead atoms. The monoisotopic (exact) mass is 482 g/mol. The molecule has 2 saturated heterocycles. The van der Waals surface area contributed by atoms with Gasteiger partial charge in [0, 0.05) is 25.4 Å². The second-order valence-corrected chi connectivity index (χ2v) is 10.5. The maximum absolute atomic E-state index is 13.0. The average molecular weight is 483 g/mol. The predicted octanol–water partition coefficient (Wildman–Crippen LogP) is 0.912. The summed E-state index contributed by atoms with van der Waals surface area (Å²) in [5.41, 5.74) is 1.05. The minimum absolute atomic E-state index is 0.0886. The zero-order valence-corrected chi connectivity index (χ0v) is 19.4. The lowest BCUT2D eigenvalue weighted by Crippen LogP contribution is -2.40. The van der Waals surface area contributed by atoms with Crippen LogP contribution in [0.15, 0.2) is 28.3 Å². The number of nitrogens with one attached hydrogen (secondary N) is 1. The van der Waals surface area contributed by atoms with Crippen LogP contribution < -0.4 is 5.32 Å². The number of morpholine rings is 1. The molecule has 3 heterocycles. The number of carbonyl (C=O) groups is 1. The molecule has 1 N–H and O–H groups in total. The van der Waals surface area contributed by atoms with Crippen LogP contribution in [0.1, 0.15) is 18.4 Å². The Morgan fingerprint density at radius 1 is 1.28 bits per heavy atom. The van der Waals surface area contributed by atoms with E-state index in [0.29, 0.717) is 49.3 Å². The standard InChI is InChI=1S/C19H26N6O5S2/c1-14-4-5-15(11-17(14)32(27,28)24-6-9-29-10-7-24)20-18(26)13-31-19-21-22-23-25(19)12-16-3-2-8-30-16/h4-5,11,16H,2-3,6-10,12-13H2,1H3,(H,20,26)/t16-/m1/s1. The van der Waals surface area contributed by atoms with Crippen LogP contribution in [0.2, 0.25) is 0 Å². The van der Waals surface area contributed by atoms with Crippen molar-refractivity contribution in [3.05, 3.63) is 23.8 Å². The van der Waals surface area contributed by atoms with Crippen molar-refractivity contribution in [2.45, 2.75) is 42.5 Å². The normalized spacial score (nSPS) is 19.8. The molecule has 1 amide bonds. The number of nitrogens with zero attached hydrogens (tertiary/aromatic N) is 5. The minimum Gasteiger partial charge on any atom is -0.379 e. The SMILES string of the molecule is Cc1ccc(NC(=O)CSc2nnnn2C[C@H]2CCCO2)cc1S(=O)(=O)N1CCOCC1. The highest BCUT2D eigenvalue weighted by molar-refractivity contribution is 7.99. The molecule has 32 heavy (non-hydrogen) atoms. The molecule has 1 aromatic heterocycles. The molecule has 2 aliphatic rings. The smallest absolute Gasteiger partial charge is 0.243 e. The van der Waals surface area contributed by atoms with Gasteiger partial charge in [0.15, 0.2) is 0 Å². The number of thioether (sulfide) groups is 1. The number of hydrogen-bond donors (Lipinski definition) is 1. The lowest BCUT2D eigenvalue weighted by atomic mass is 10.2. The summed E-state index contributed by atoms with van der Waals surface area (Å²) in [4.78, 5) is 12.7. The summed E-state index contributed by atoms with van der Waals surface area (Å²) in [5, 5.41) is 15.0. The number of amides is 1. The fraction of sp³-hybridized carbons (Fsp3) is 0.579. The van der Waals surface area contributed by atoms with Gasteiger partial charge in [-0.3, -0.25) is 4.79 Å². The van der Waals surface area contributed by atoms with Gasteiger partial charge in [0.05, 0.1) is 36.5 Å². The topological polar surface area (TPSA) is 129 Å². The molecule has 13 heteroatoms. The summed E-state index contributed by atoms with van der Waals surface area (Å²) in [5.74, 6) is -0.189. The van der Waals surface area contributed by atoms with Gasteiger partial charge >= 0.3 is 0 Å². The molecule has 11 nitrogen and oxygen atoms in total. The van der Waals surface area contributed by atoms with Gasteiger partial charge in [-0.05, 0) is 47.9 Å². The third kappa shape index (κ3) is 5.46. The predicted molar refractivity (Wildman–Crippen MR) is 117 cm³/mol. The highest BCUT2D eigenvalue weighted by atomic mass is 32.2. The minimum atomic E-state index is -3.66. The Labute approximate surface area is 190 Å². The maximum atomic E-state index is 13.0. The third-order valence-corrected chi connectivity index (χ3v) is 8.29. The molecule has 4 rings (SSSR count). The first kappa shape index (κ1) is 23.1. The highest BCUT2D eigenvalue weighted by Crippen LogP contribution is 2.25. The van der Waals surface area contributed by atoms with Crippen molar-refractivity contribution in [3.8, 4) is 0 Å². The number of sulfonamides is 1. The molecule has 0 aliphatic carbocycles. The van der Waals surface area contributed by atoms with Gasteiger partial charge in [0.25, 0.3) is 0 Å². The van der Waals surface area contributed by atoms with E-state index >= 15 is 0 Å². The van der Waals surface area contributed by atoms with Gasteiger partial charge in [-0.2, -0.15) is 4.31 Å². The van der Waals surface area contributed by atoms with Gasteiger partial charge in [-0.1, -0.05) is 17.8 Å². The molecule has 1 atom stereocenters. The molecule has 2 aromatic rings. The Hall–Kier alpha value is -2.06. The number of ether oxygens (including phenoxy) is 2. The highest BCUT2D eigenvalue weighted by Gasteiger charge is 2.28. The van der Waals surface area contributed by atoms with E-state index in [-0.39, 0.29) is 22.7 Å². The first-order valence-electron chi connectivity index (χ1n) is 10.4. The molecule has 2 aliphatic heterocycles. The fourth-order valence-electron chi connectivity index (χ4n) is 3.60. The van der Waals surface area contributed by atoms with Crippen molar-refractivity contribution in [3.63, 3.8) is 0 Å². The van der Waals surface area contributed by atoms with E-state index in [1.165, 1.54) is 22.1 Å². The number of aromatic nitrogens is 4. The number of anilines is 1. The van der Waals surface area contributed by atoms with Crippen LogP contribution in [0.25, 0.3) is 0 Å². The fourth-order valence-corrected chi connectivity index (χ4v) is 5.95. The van der Waals surface area contributed by atoms with Crippen LogP contribution in [0, 0.1) is 6.92 Å². The van der Waals surface area contributed by atoms with Gasteiger partial charge < -0.3 is 14.8 Å². The molecular weight excluding hydrogens is 456 g/mol. The van der Waals surface area contributed by atoms with Gasteiger partial charge in [0.2, 0.25) is 21.1 Å². The largest absolute Gasteiger partial charge is 0.379 e. The summed E-state index contributed by atoms with van der Waals surface area (Å²) in [6.45, 7) is 4.42. The van der Waals surface area contributed by atoms with Crippen LogP contribution in [0.5, 0.6) is 0 Å². The molecule has 0 saturated carbocycles. The third-order valence-electron chi connectivity index (χ3n) is 5.29. The number of rotatable bonds is 8. The van der Waals surface area contributed by atoms with Crippen molar-refractivity contribution in [2.24, 2.45) is 0 Å². The zero-order valence-electron chi connectivity index (χ0n) is 17.8. The number of benzene rings is 1. The van der Waals surface area contributed by atoms with Gasteiger partial charge in [-0.15, -0.1) is 5.10 Å². The van der Waals surface area contributed by atoms with E-state index in [9.17, 15) is 13.2 Å². The summed E-state index contributed by atoms with van der Waals surface area (Å²) in [6, 6.07) is 4.89. The van der Waals surface area contributed by atoms with Crippen LogP contribution in [0.3, 0.4) is 0 Å². The first-order chi connectivity index (χ1) is 15.4. The molecule has 2 fully saturated rings. The molecule has 1 aromatic carbocycles. The Morgan fingerprint density at radius 2 is 2.09 bits per heavy atom. The van der Waals surface area contributed by atoms with Crippen LogP contribution >= 0.6 is 11.8 Å². The van der Waals surface area contributed by atoms with Crippen molar-refractivity contribution in [1.29, 1.82) is 0 Å². The van der Waals surface area contributed by atoms with Crippen molar-refractivity contribution < 1.29 is 22.7 Å². The Kier molecular flexibility index (Phi) is 7.40. The average Bonchev–Trinajstić information content (AvgIpc) is 3.46. The number of carbonyl (C=O) groups excluding carboxylic acids is 1. The maximum Gasteiger partial charge on any atom is 0.243 e. The summed E-state index contributed by atoms with van der Waals surface area (Å²) < 4.78 is 40.0. The van der Waals surface area contributed by atoms with Crippen molar-refractivity contribution >= 4 is 33.4 Å². The number of aryl methyl sites for hydroxylation is 1. The van der Waals surface area contributed by atoms with E-state index in [1.807, 2.05) is 0 Å². The van der Waals surface area contributed by atoms with Gasteiger partial charge in [0.1, 0.15) is 0 Å². The van der Waals surface area contributed by atoms with Crippen LogP contribution in [-0.2, 0) is 30.8 Å². The van der Waals surface area contributed by atoms with Gasteiger partial charge in [-0.25, -0.2) is 13.1 Å². The van der Waals surface area contributed by atoms with E-state index < -0.39 is 10.0 Å². The second kappa shape index (κ2) is 10.3. The first-order valence-corrected chi connectivity index (χ1v) is 12.8. The Balaban J connectivity index is 1.38. The number of tetrazole rings is 1. The lowest BCUT2D eigenvalue weighted by molar-refractivity contribution is -0.113. The van der Waals surface area contributed by atoms with E-state index in [1.54, 1.807) is 23.7 Å².